The van der Waals surface area contributed by atoms with Crippen LogP contribution in [0.25, 0.3) is 11.6 Å². The minimum atomic E-state index is -0.0668. The largest absolute Gasteiger partial charge is 0.365 e. The molecule has 4 nitrogen and oxygen atoms in total. The van der Waals surface area contributed by atoms with Crippen LogP contribution < -0.4 is 4.90 Å². The Morgan fingerprint density at radius 1 is 1.06 bits per heavy atom. The van der Waals surface area contributed by atoms with Gasteiger partial charge in [-0.25, -0.2) is 0 Å². The van der Waals surface area contributed by atoms with E-state index >= 15 is 0 Å². The van der Waals surface area contributed by atoms with Gasteiger partial charge in [0.05, 0.1) is 16.5 Å². The number of hydrogen-bond donors (Lipinski definition) is 0. The molecule has 35 heavy (non-hydrogen) atoms. The first-order valence-corrected chi connectivity index (χ1v) is 14.5. The number of allylic oxidation sites excluding steroid dienone is 1. The molecule has 2 heterocycles. The van der Waals surface area contributed by atoms with Crippen LogP contribution in [-0.4, -0.2) is 40.6 Å². The van der Waals surface area contributed by atoms with E-state index in [0.717, 1.165) is 47.0 Å². The van der Waals surface area contributed by atoms with E-state index in [4.69, 9.17) is 16.6 Å². The monoisotopic (exact) mass is 511 g/mol. The van der Waals surface area contributed by atoms with Gasteiger partial charge in [-0.2, -0.15) is 0 Å². The third-order valence-corrected chi connectivity index (χ3v) is 9.59. The van der Waals surface area contributed by atoms with Gasteiger partial charge in [-0.3, -0.25) is 14.7 Å². The summed E-state index contributed by atoms with van der Waals surface area (Å²) in [6, 6.07) is 4.83. The van der Waals surface area contributed by atoms with Gasteiger partial charge in [0.1, 0.15) is 0 Å². The van der Waals surface area contributed by atoms with Crippen molar-refractivity contribution in [3.8, 4) is 0 Å². The number of nitrogens with zero attached hydrogens (tertiary/aromatic N) is 3. The first kappa shape index (κ1) is 25.0. The van der Waals surface area contributed by atoms with Gasteiger partial charge in [0, 0.05) is 29.4 Å². The molecular formula is C29H38ClN3OS. The second kappa shape index (κ2) is 9.97. The first-order valence-electron chi connectivity index (χ1n) is 13.3. The molecule has 0 spiro atoms. The number of halogens is 1. The van der Waals surface area contributed by atoms with Crippen LogP contribution in [0.3, 0.4) is 0 Å². The molecule has 4 aliphatic rings. The molecule has 0 N–H and O–H groups in total. The predicted molar refractivity (Wildman–Crippen MR) is 151 cm³/mol. The molecule has 2 saturated carbocycles. The highest BCUT2D eigenvalue weighted by Gasteiger charge is 2.39. The van der Waals surface area contributed by atoms with Gasteiger partial charge < -0.3 is 4.90 Å². The number of rotatable bonds is 3. The van der Waals surface area contributed by atoms with Gasteiger partial charge in [-0.05, 0) is 87.6 Å². The fourth-order valence-electron chi connectivity index (χ4n) is 6.04. The number of thioether (sulfide) groups is 1. The molecule has 3 fully saturated rings. The smallest absolute Gasteiger partial charge is 0.267 e. The van der Waals surface area contributed by atoms with Crippen molar-refractivity contribution in [2.45, 2.75) is 103 Å². The Labute approximate surface area is 219 Å². The maximum Gasteiger partial charge on any atom is 0.267 e. The average molecular weight is 512 g/mol. The van der Waals surface area contributed by atoms with Crippen molar-refractivity contribution < 1.29 is 4.79 Å². The summed E-state index contributed by atoms with van der Waals surface area (Å²) in [6.07, 6.45) is 16.2. The number of likely N-dealkylation sites (N-methyl/N-ethyl adjacent to an activating group) is 1. The molecule has 0 aromatic heterocycles. The number of benzene rings is 1. The molecule has 0 unspecified atom stereocenters. The van der Waals surface area contributed by atoms with Crippen LogP contribution in [0.4, 0.5) is 5.69 Å². The molecule has 5 rings (SSSR count). The first-order chi connectivity index (χ1) is 16.7. The third-order valence-electron chi connectivity index (χ3n) is 8.27. The van der Waals surface area contributed by atoms with Crippen LogP contribution in [0.5, 0.6) is 0 Å². The molecular weight excluding hydrogens is 474 g/mol. The van der Waals surface area contributed by atoms with E-state index in [-0.39, 0.29) is 17.5 Å². The van der Waals surface area contributed by atoms with E-state index in [9.17, 15) is 4.79 Å². The normalized spacial score (nSPS) is 26.0. The molecule has 6 heteroatoms. The Hall–Kier alpha value is -1.72. The van der Waals surface area contributed by atoms with E-state index < -0.39 is 0 Å². The van der Waals surface area contributed by atoms with E-state index in [1.54, 1.807) is 11.8 Å². The molecule has 1 saturated heterocycles. The van der Waals surface area contributed by atoms with Crippen LogP contribution in [-0.2, 0) is 4.79 Å². The van der Waals surface area contributed by atoms with Gasteiger partial charge in [0.2, 0.25) is 0 Å². The second-order valence-corrected chi connectivity index (χ2v) is 12.6. The van der Waals surface area contributed by atoms with E-state index in [0.29, 0.717) is 11.1 Å². The third kappa shape index (κ3) is 4.96. The lowest BCUT2D eigenvalue weighted by molar-refractivity contribution is -0.124. The minimum absolute atomic E-state index is 0.0668. The van der Waals surface area contributed by atoms with Crippen molar-refractivity contribution in [1.29, 1.82) is 0 Å². The standard InChI is InChI=1S/C29H38ClN3OS/c1-19-18-29(2,3)32(4)25-17-24(30)20(15-23(19)25)16-26-27(34)33(22-13-9-6-10-14-22)28(35-26)31-21-11-7-5-8-12-21/h15-18,21-22H,5-14H2,1-4H3/b26-16+,31-28?. The molecule has 0 bridgehead atoms. The Morgan fingerprint density at radius 3 is 2.40 bits per heavy atom. The van der Waals surface area contributed by atoms with Crippen molar-refractivity contribution >= 4 is 51.8 Å². The molecule has 1 aromatic rings. The molecule has 1 aromatic carbocycles. The number of aliphatic imine (C=N–C) groups is 1. The van der Waals surface area contributed by atoms with Crippen molar-refractivity contribution in [2.24, 2.45) is 4.99 Å². The summed E-state index contributed by atoms with van der Waals surface area (Å²) in [5, 5.41) is 1.61. The Morgan fingerprint density at radius 2 is 1.71 bits per heavy atom. The number of fused-ring (bicyclic) bond motifs is 1. The lowest BCUT2D eigenvalue weighted by Crippen LogP contribution is -2.42. The average Bonchev–Trinajstić information content (AvgIpc) is 3.14. The Bertz CT molecular complexity index is 1090. The summed E-state index contributed by atoms with van der Waals surface area (Å²) < 4.78 is 0. The second-order valence-electron chi connectivity index (χ2n) is 11.2. The zero-order chi connectivity index (χ0) is 24.7. The predicted octanol–water partition coefficient (Wildman–Crippen LogP) is 7.91. The van der Waals surface area contributed by atoms with Crippen molar-refractivity contribution in [2.75, 3.05) is 11.9 Å². The van der Waals surface area contributed by atoms with E-state index in [1.165, 1.54) is 49.7 Å². The summed E-state index contributed by atoms with van der Waals surface area (Å²) in [5.74, 6) is 0.107. The lowest BCUT2D eigenvalue weighted by atomic mass is 9.88. The van der Waals surface area contributed by atoms with Crippen LogP contribution in [0.2, 0.25) is 5.02 Å². The SMILES string of the molecule is CC1=CC(C)(C)N(C)c2cc(Cl)c(/C=C3/SC(=NC4CCCCC4)N(C4CCCCC4)C3=O)cc21. The fraction of sp³-hybridized carbons (Fsp3) is 0.586. The zero-order valence-corrected chi connectivity index (χ0v) is 23.1. The van der Waals surface area contributed by atoms with Gasteiger partial charge >= 0.3 is 0 Å². The van der Waals surface area contributed by atoms with Crippen LogP contribution in [0, 0.1) is 0 Å². The number of anilines is 1. The van der Waals surface area contributed by atoms with Gasteiger partial charge in [0.25, 0.3) is 5.91 Å². The fourth-order valence-corrected chi connectivity index (χ4v) is 7.36. The van der Waals surface area contributed by atoms with Gasteiger partial charge in [0.15, 0.2) is 5.17 Å². The lowest BCUT2D eigenvalue weighted by Gasteiger charge is -2.40. The number of carbonyl (C=O) groups is 1. The molecule has 0 atom stereocenters. The molecule has 2 aliphatic carbocycles. The van der Waals surface area contributed by atoms with E-state index in [2.05, 4.69) is 50.9 Å². The van der Waals surface area contributed by atoms with Crippen molar-refractivity contribution in [3.05, 3.63) is 39.3 Å². The van der Waals surface area contributed by atoms with Crippen LogP contribution >= 0.6 is 23.4 Å². The molecule has 1 amide bonds. The minimum Gasteiger partial charge on any atom is -0.365 e. The summed E-state index contributed by atoms with van der Waals surface area (Å²) in [5.41, 5.74) is 4.40. The Balaban J connectivity index is 1.50. The number of hydrogen-bond acceptors (Lipinski definition) is 4. The van der Waals surface area contributed by atoms with Crippen LogP contribution in [0.1, 0.15) is 96.1 Å². The zero-order valence-electron chi connectivity index (χ0n) is 21.6. The number of amides is 1. The maximum atomic E-state index is 13.8. The summed E-state index contributed by atoms with van der Waals surface area (Å²) >= 11 is 8.38. The Kier molecular flexibility index (Phi) is 7.11. The highest BCUT2D eigenvalue weighted by Crippen LogP contribution is 2.43. The highest BCUT2D eigenvalue weighted by molar-refractivity contribution is 8.18. The van der Waals surface area contributed by atoms with E-state index in [1.807, 2.05) is 11.0 Å². The van der Waals surface area contributed by atoms with Gasteiger partial charge in [-0.15, -0.1) is 0 Å². The van der Waals surface area contributed by atoms with Crippen molar-refractivity contribution in [1.82, 2.24) is 4.90 Å². The van der Waals surface area contributed by atoms with Crippen LogP contribution in [0.15, 0.2) is 28.1 Å². The number of carbonyl (C=O) groups excluding carboxylic acids is 1. The van der Waals surface area contributed by atoms with Gasteiger partial charge in [-0.1, -0.05) is 56.2 Å². The maximum absolute atomic E-state index is 13.8. The molecule has 188 valence electrons. The summed E-state index contributed by atoms with van der Waals surface area (Å²) in [7, 11) is 2.11. The van der Waals surface area contributed by atoms with Crippen molar-refractivity contribution in [3.63, 3.8) is 0 Å². The molecule has 2 aliphatic heterocycles. The topological polar surface area (TPSA) is 35.9 Å². The summed E-state index contributed by atoms with van der Waals surface area (Å²) in [4.78, 5) is 24.0. The molecule has 0 radical (unpaired) electrons. The number of amidine groups is 1. The summed E-state index contributed by atoms with van der Waals surface area (Å²) in [6.45, 7) is 6.59. The highest BCUT2D eigenvalue weighted by atomic mass is 35.5. The quantitative estimate of drug-likeness (QED) is 0.387.